The summed E-state index contributed by atoms with van der Waals surface area (Å²) in [5, 5.41) is 20.8. The Morgan fingerprint density at radius 3 is 2.81 bits per heavy atom. The van der Waals surface area contributed by atoms with Crippen molar-refractivity contribution in [3.8, 4) is 5.75 Å². The zero-order chi connectivity index (χ0) is 12.1. The Hall–Kier alpha value is -1.75. The zero-order valence-electron chi connectivity index (χ0n) is 9.10. The van der Waals surface area contributed by atoms with E-state index in [1.165, 1.54) is 18.2 Å². The van der Waals surface area contributed by atoms with Crippen LogP contribution in [-0.2, 0) is 0 Å². The molecule has 0 fully saturated rings. The summed E-state index contributed by atoms with van der Waals surface area (Å²) in [5.74, 6) is -0.411. The highest BCUT2D eigenvalue weighted by Crippen LogP contribution is 2.18. The average Bonchev–Trinajstić information content (AvgIpc) is 2.28. The van der Waals surface area contributed by atoms with Crippen LogP contribution in [0.1, 0.15) is 23.7 Å². The fourth-order valence-electron chi connectivity index (χ4n) is 1.28. The maximum atomic E-state index is 11.7. The molecular weight excluding hydrogens is 208 g/mol. The number of phenols is 1. The first-order chi connectivity index (χ1) is 7.58. The van der Waals surface area contributed by atoms with E-state index in [9.17, 15) is 9.90 Å². The molecule has 1 aromatic carbocycles. The molecule has 0 aromatic heterocycles. The van der Waals surface area contributed by atoms with E-state index in [4.69, 9.17) is 10.8 Å². The van der Waals surface area contributed by atoms with Gasteiger partial charge in [-0.25, -0.2) is 0 Å². The van der Waals surface area contributed by atoms with Crippen LogP contribution in [0.2, 0.25) is 0 Å². The number of aliphatic hydroxyl groups is 1. The van der Waals surface area contributed by atoms with Gasteiger partial charge in [-0.05, 0) is 24.6 Å². The van der Waals surface area contributed by atoms with Crippen molar-refractivity contribution in [3.63, 3.8) is 0 Å². The lowest BCUT2D eigenvalue weighted by molar-refractivity contribution is 0.0915. The van der Waals surface area contributed by atoms with Gasteiger partial charge in [-0.2, -0.15) is 0 Å². The van der Waals surface area contributed by atoms with E-state index in [0.717, 1.165) is 0 Å². The third-order valence-corrected chi connectivity index (χ3v) is 2.33. The third kappa shape index (κ3) is 2.87. The SMILES string of the molecule is CCC(CO)NC(=O)c1cc(O)ccc1N. The summed E-state index contributed by atoms with van der Waals surface area (Å²) < 4.78 is 0. The van der Waals surface area contributed by atoms with E-state index < -0.39 is 5.91 Å². The Labute approximate surface area is 93.9 Å². The number of nitrogens with two attached hydrogens (primary N) is 1. The molecule has 0 aliphatic heterocycles. The van der Waals surface area contributed by atoms with Gasteiger partial charge in [0, 0.05) is 5.69 Å². The number of amides is 1. The van der Waals surface area contributed by atoms with Gasteiger partial charge in [0.1, 0.15) is 5.75 Å². The molecule has 0 aliphatic carbocycles. The first-order valence-electron chi connectivity index (χ1n) is 5.08. The number of carbonyl (C=O) groups is 1. The van der Waals surface area contributed by atoms with Crippen molar-refractivity contribution >= 4 is 11.6 Å². The molecule has 0 spiro atoms. The number of benzene rings is 1. The smallest absolute Gasteiger partial charge is 0.253 e. The molecule has 1 rings (SSSR count). The maximum Gasteiger partial charge on any atom is 0.253 e. The van der Waals surface area contributed by atoms with E-state index in [2.05, 4.69) is 5.32 Å². The number of anilines is 1. The van der Waals surface area contributed by atoms with E-state index in [1.54, 1.807) is 0 Å². The molecule has 16 heavy (non-hydrogen) atoms. The highest BCUT2D eigenvalue weighted by Gasteiger charge is 2.14. The lowest BCUT2D eigenvalue weighted by atomic mass is 10.1. The van der Waals surface area contributed by atoms with Crippen LogP contribution >= 0.6 is 0 Å². The second-order valence-electron chi connectivity index (χ2n) is 3.53. The number of aromatic hydroxyl groups is 1. The van der Waals surface area contributed by atoms with Crippen LogP contribution in [0.4, 0.5) is 5.69 Å². The van der Waals surface area contributed by atoms with Gasteiger partial charge in [-0.3, -0.25) is 4.79 Å². The van der Waals surface area contributed by atoms with Gasteiger partial charge in [0.2, 0.25) is 0 Å². The van der Waals surface area contributed by atoms with Crippen molar-refractivity contribution in [3.05, 3.63) is 23.8 Å². The number of hydrogen-bond acceptors (Lipinski definition) is 4. The lowest BCUT2D eigenvalue weighted by Gasteiger charge is -2.14. The van der Waals surface area contributed by atoms with Crippen LogP contribution in [0.5, 0.6) is 5.75 Å². The number of aliphatic hydroxyl groups excluding tert-OH is 1. The minimum Gasteiger partial charge on any atom is -0.508 e. The zero-order valence-corrected chi connectivity index (χ0v) is 9.10. The predicted octanol–water partition coefficient (Wildman–Crippen LogP) is 0.475. The Morgan fingerprint density at radius 2 is 2.25 bits per heavy atom. The molecule has 0 radical (unpaired) electrons. The van der Waals surface area contributed by atoms with Crippen molar-refractivity contribution in [1.29, 1.82) is 0 Å². The van der Waals surface area contributed by atoms with Gasteiger partial charge in [0.15, 0.2) is 0 Å². The van der Waals surface area contributed by atoms with Gasteiger partial charge in [-0.1, -0.05) is 6.92 Å². The largest absolute Gasteiger partial charge is 0.508 e. The van der Waals surface area contributed by atoms with Crippen LogP contribution in [0.15, 0.2) is 18.2 Å². The second-order valence-corrected chi connectivity index (χ2v) is 3.53. The first kappa shape index (κ1) is 12.3. The Bertz CT molecular complexity index is 375. The minimum absolute atomic E-state index is 0.0172. The molecule has 1 aromatic rings. The van der Waals surface area contributed by atoms with Crippen molar-refractivity contribution < 1.29 is 15.0 Å². The summed E-state index contributed by atoms with van der Waals surface area (Å²) in [5.41, 5.74) is 6.12. The summed E-state index contributed by atoms with van der Waals surface area (Å²) in [6.07, 6.45) is 0.626. The van der Waals surface area contributed by atoms with Crippen LogP contribution < -0.4 is 11.1 Å². The molecule has 0 heterocycles. The summed E-state index contributed by atoms with van der Waals surface area (Å²) in [4.78, 5) is 11.7. The molecule has 5 N–H and O–H groups in total. The number of rotatable bonds is 4. The molecule has 1 atom stereocenters. The standard InChI is InChI=1S/C11H16N2O3/c1-2-7(6-14)13-11(16)9-5-8(15)3-4-10(9)12/h3-5,7,14-15H,2,6,12H2,1H3,(H,13,16). The maximum absolute atomic E-state index is 11.7. The average molecular weight is 224 g/mol. The van der Waals surface area contributed by atoms with Crippen LogP contribution in [0, 0.1) is 0 Å². The van der Waals surface area contributed by atoms with E-state index >= 15 is 0 Å². The Balaban J connectivity index is 2.83. The Kier molecular flexibility index (Phi) is 4.13. The highest BCUT2D eigenvalue weighted by atomic mass is 16.3. The number of nitrogens with one attached hydrogen (secondary N) is 1. The number of nitrogen functional groups attached to an aromatic ring is 1. The quantitative estimate of drug-likeness (QED) is 0.441. The molecule has 5 nitrogen and oxygen atoms in total. The van der Waals surface area contributed by atoms with Crippen molar-refractivity contribution in [2.75, 3.05) is 12.3 Å². The second kappa shape index (κ2) is 5.37. The highest BCUT2D eigenvalue weighted by molar-refractivity contribution is 5.99. The van der Waals surface area contributed by atoms with Gasteiger partial charge in [0.25, 0.3) is 5.91 Å². The molecule has 1 amide bonds. The number of carbonyl (C=O) groups excluding carboxylic acids is 1. The van der Waals surface area contributed by atoms with Crippen molar-refractivity contribution in [2.24, 2.45) is 0 Å². The lowest BCUT2D eigenvalue weighted by Crippen LogP contribution is -2.37. The molecule has 88 valence electrons. The van der Waals surface area contributed by atoms with Gasteiger partial charge < -0.3 is 21.3 Å². The monoisotopic (exact) mass is 224 g/mol. The molecule has 0 saturated carbocycles. The van der Waals surface area contributed by atoms with Crippen molar-refractivity contribution in [1.82, 2.24) is 5.32 Å². The summed E-state index contributed by atoms with van der Waals surface area (Å²) in [7, 11) is 0. The summed E-state index contributed by atoms with van der Waals surface area (Å²) >= 11 is 0. The molecule has 1 unspecified atom stereocenters. The Morgan fingerprint density at radius 1 is 1.56 bits per heavy atom. The summed E-state index contributed by atoms with van der Waals surface area (Å²) in [6, 6.07) is 3.88. The van der Waals surface area contributed by atoms with Crippen LogP contribution in [0.3, 0.4) is 0 Å². The number of hydrogen-bond donors (Lipinski definition) is 4. The molecule has 0 bridgehead atoms. The summed E-state index contributed by atoms with van der Waals surface area (Å²) in [6.45, 7) is 1.73. The number of phenolic OH excluding ortho intramolecular Hbond substituents is 1. The van der Waals surface area contributed by atoms with E-state index in [1.807, 2.05) is 6.92 Å². The minimum atomic E-state index is -0.394. The van der Waals surface area contributed by atoms with E-state index in [-0.39, 0.29) is 24.0 Å². The molecule has 0 aliphatic rings. The fourth-order valence-corrected chi connectivity index (χ4v) is 1.28. The first-order valence-corrected chi connectivity index (χ1v) is 5.08. The predicted molar refractivity (Wildman–Crippen MR) is 61.2 cm³/mol. The van der Waals surface area contributed by atoms with Gasteiger partial charge >= 0.3 is 0 Å². The third-order valence-electron chi connectivity index (χ3n) is 2.33. The van der Waals surface area contributed by atoms with Crippen LogP contribution in [-0.4, -0.2) is 28.8 Å². The normalized spacial score (nSPS) is 12.1. The van der Waals surface area contributed by atoms with Crippen molar-refractivity contribution in [2.45, 2.75) is 19.4 Å². The molecule has 5 heteroatoms. The van der Waals surface area contributed by atoms with Crippen LogP contribution in [0.25, 0.3) is 0 Å². The van der Waals surface area contributed by atoms with E-state index in [0.29, 0.717) is 12.1 Å². The fraction of sp³-hybridized carbons (Fsp3) is 0.364. The topological polar surface area (TPSA) is 95.6 Å². The van der Waals surface area contributed by atoms with Gasteiger partial charge in [0.05, 0.1) is 18.2 Å². The molecule has 0 saturated heterocycles. The molecular formula is C11H16N2O3. The van der Waals surface area contributed by atoms with Gasteiger partial charge in [-0.15, -0.1) is 0 Å².